The molecular formula is C23H21BrN2O3. The van der Waals surface area contributed by atoms with Crippen molar-refractivity contribution in [3.8, 4) is 0 Å². The zero-order valence-electron chi connectivity index (χ0n) is 15.9. The number of carbonyl (C=O) groups excluding carboxylic acids is 2. The highest BCUT2D eigenvalue weighted by atomic mass is 79.9. The highest BCUT2D eigenvalue weighted by molar-refractivity contribution is 9.10. The molecule has 0 bridgehead atoms. The summed E-state index contributed by atoms with van der Waals surface area (Å²) < 4.78 is 6.19. The van der Waals surface area contributed by atoms with Gasteiger partial charge in [0.2, 0.25) is 0 Å². The average Bonchev–Trinajstić information content (AvgIpc) is 2.97. The van der Waals surface area contributed by atoms with E-state index in [1.165, 1.54) is 0 Å². The van der Waals surface area contributed by atoms with Gasteiger partial charge in [0, 0.05) is 15.6 Å². The smallest absolute Gasteiger partial charge is 0.339 e. The average molecular weight is 453 g/mol. The number of hydrogen-bond donors (Lipinski definition) is 1. The predicted octanol–water partition coefficient (Wildman–Crippen LogP) is 5.06. The van der Waals surface area contributed by atoms with Crippen molar-refractivity contribution in [1.29, 1.82) is 0 Å². The fourth-order valence-corrected chi connectivity index (χ4v) is 4.12. The molecule has 1 aliphatic rings. The Morgan fingerprint density at radius 3 is 2.62 bits per heavy atom. The number of rotatable bonds is 4. The van der Waals surface area contributed by atoms with Crippen LogP contribution in [0.4, 0.5) is 5.69 Å². The molecule has 0 radical (unpaired) electrons. The lowest BCUT2D eigenvalue weighted by molar-refractivity contribution is -0.119. The molecule has 0 fully saturated rings. The molecule has 148 valence electrons. The summed E-state index contributed by atoms with van der Waals surface area (Å²) in [6.45, 7) is -0.342. The van der Waals surface area contributed by atoms with Crippen molar-refractivity contribution in [2.75, 3.05) is 11.9 Å². The topological polar surface area (TPSA) is 68.3 Å². The van der Waals surface area contributed by atoms with Crippen LogP contribution in [0.2, 0.25) is 0 Å². The number of ether oxygens (including phenoxy) is 1. The quantitative estimate of drug-likeness (QED) is 0.443. The van der Waals surface area contributed by atoms with E-state index in [0.717, 1.165) is 58.7 Å². The van der Waals surface area contributed by atoms with E-state index < -0.39 is 5.97 Å². The molecule has 1 amide bonds. The van der Waals surface area contributed by atoms with Gasteiger partial charge in [0.1, 0.15) is 0 Å². The van der Waals surface area contributed by atoms with Gasteiger partial charge in [-0.3, -0.25) is 9.78 Å². The fraction of sp³-hybridized carbons (Fsp3) is 0.261. The van der Waals surface area contributed by atoms with Crippen molar-refractivity contribution in [3.63, 3.8) is 0 Å². The van der Waals surface area contributed by atoms with E-state index in [1.807, 2.05) is 42.5 Å². The first-order chi connectivity index (χ1) is 14.1. The van der Waals surface area contributed by atoms with Crippen LogP contribution in [0, 0.1) is 0 Å². The number of fused-ring (bicyclic) bond motifs is 2. The molecule has 5 nitrogen and oxygen atoms in total. The number of hydrogen-bond acceptors (Lipinski definition) is 4. The van der Waals surface area contributed by atoms with E-state index >= 15 is 0 Å². The number of esters is 1. The number of nitrogens with one attached hydrogen (secondary N) is 1. The Balaban J connectivity index is 1.57. The molecule has 29 heavy (non-hydrogen) atoms. The van der Waals surface area contributed by atoms with Crippen molar-refractivity contribution in [1.82, 2.24) is 4.98 Å². The summed E-state index contributed by atoms with van der Waals surface area (Å²) in [7, 11) is 0. The standard InChI is InChI=1S/C23H21BrN2O3/c24-17-10-5-7-13-20(17)26-21(27)14-29-23(28)22-15-8-2-1-3-11-18(15)25-19-12-6-4-9-16(19)22/h4-7,9-10,12-13H,1-3,8,11,14H2,(H,26,27). The lowest BCUT2D eigenvalue weighted by Crippen LogP contribution is -2.22. The fourth-order valence-electron chi connectivity index (χ4n) is 3.73. The normalized spacial score (nSPS) is 13.4. The zero-order chi connectivity index (χ0) is 20.2. The van der Waals surface area contributed by atoms with Gasteiger partial charge >= 0.3 is 5.97 Å². The molecule has 1 heterocycles. The summed E-state index contributed by atoms with van der Waals surface area (Å²) in [6.07, 6.45) is 4.89. The van der Waals surface area contributed by atoms with E-state index in [4.69, 9.17) is 9.72 Å². The Hall–Kier alpha value is -2.73. The third-order valence-electron chi connectivity index (χ3n) is 5.11. The van der Waals surface area contributed by atoms with Gasteiger partial charge in [-0.1, -0.05) is 36.8 Å². The molecule has 0 aliphatic heterocycles. The molecule has 1 N–H and O–H groups in total. The molecule has 0 unspecified atom stereocenters. The van der Waals surface area contributed by atoms with Crippen LogP contribution in [-0.4, -0.2) is 23.5 Å². The van der Waals surface area contributed by atoms with Crippen molar-refractivity contribution >= 4 is 44.4 Å². The maximum atomic E-state index is 13.0. The summed E-state index contributed by atoms with van der Waals surface area (Å²) in [5.74, 6) is -0.848. The van der Waals surface area contributed by atoms with Gasteiger partial charge < -0.3 is 10.1 Å². The monoisotopic (exact) mass is 452 g/mol. The first kappa shape index (κ1) is 19.6. The Morgan fingerprint density at radius 2 is 1.76 bits per heavy atom. The number of nitrogens with zero attached hydrogens (tertiary/aromatic N) is 1. The van der Waals surface area contributed by atoms with Crippen molar-refractivity contribution < 1.29 is 14.3 Å². The van der Waals surface area contributed by atoms with Gasteiger partial charge in [0.25, 0.3) is 5.91 Å². The Bertz CT molecular complexity index is 1080. The van der Waals surface area contributed by atoms with Crippen molar-refractivity contribution in [2.45, 2.75) is 32.1 Å². The molecule has 0 saturated heterocycles. The van der Waals surface area contributed by atoms with E-state index in [-0.39, 0.29) is 12.5 Å². The number of aromatic nitrogens is 1. The van der Waals surface area contributed by atoms with E-state index in [0.29, 0.717) is 11.3 Å². The number of halogens is 1. The van der Waals surface area contributed by atoms with Crippen LogP contribution in [0.15, 0.2) is 53.0 Å². The summed E-state index contributed by atoms with van der Waals surface area (Å²) in [5.41, 5.74) is 3.93. The Labute approximate surface area is 177 Å². The molecule has 6 heteroatoms. The molecule has 0 saturated carbocycles. The third-order valence-corrected chi connectivity index (χ3v) is 5.80. The Morgan fingerprint density at radius 1 is 1.00 bits per heavy atom. The molecule has 1 aliphatic carbocycles. The second kappa shape index (κ2) is 8.74. The SMILES string of the molecule is O=C(COC(=O)c1c2c(nc3ccccc13)CCCCC2)Nc1ccccc1Br. The number of anilines is 1. The van der Waals surface area contributed by atoms with E-state index in [1.54, 1.807) is 6.07 Å². The lowest BCUT2D eigenvalue weighted by Gasteiger charge is -2.15. The van der Waals surface area contributed by atoms with Gasteiger partial charge in [0.05, 0.1) is 16.8 Å². The van der Waals surface area contributed by atoms with Crippen LogP contribution in [-0.2, 0) is 22.4 Å². The summed E-state index contributed by atoms with van der Waals surface area (Å²) in [4.78, 5) is 30.1. The highest BCUT2D eigenvalue weighted by Crippen LogP contribution is 2.29. The molecule has 4 rings (SSSR count). The molecule has 3 aromatic rings. The Kier molecular flexibility index (Phi) is 5.90. The predicted molar refractivity (Wildman–Crippen MR) is 116 cm³/mol. The van der Waals surface area contributed by atoms with Crippen LogP contribution in [0.3, 0.4) is 0 Å². The summed E-state index contributed by atoms with van der Waals surface area (Å²) >= 11 is 3.39. The molecule has 1 aromatic heterocycles. The molecule has 2 aromatic carbocycles. The van der Waals surface area contributed by atoms with Crippen molar-refractivity contribution in [3.05, 3.63) is 69.8 Å². The number of amides is 1. The molecule has 0 atom stereocenters. The minimum Gasteiger partial charge on any atom is -0.452 e. The number of benzene rings is 2. The van der Waals surface area contributed by atoms with E-state index in [2.05, 4.69) is 21.2 Å². The van der Waals surface area contributed by atoms with Crippen LogP contribution in [0.25, 0.3) is 10.9 Å². The first-order valence-electron chi connectivity index (χ1n) is 9.75. The minimum atomic E-state index is -0.468. The molecule has 0 spiro atoms. The second-order valence-corrected chi connectivity index (χ2v) is 7.95. The van der Waals surface area contributed by atoms with Gasteiger partial charge in [-0.15, -0.1) is 0 Å². The van der Waals surface area contributed by atoms with Crippen molar-refractivity contribution in [2.24, 2.45) is 0 Å². The summed E-state index contributed by atoms with van der Waals surface area (Å²) in [6, 6.07) is 14.9. The number of carbonyl (C=O) groups is 2. The van der Waals surface area contributed by atoms with Crippen LogP contribution in [0.5, 0.6) is 0 Å². The van der Waals surface area contributed by atoms with Crippen LogP contribution >= 0.6 is 15.9 Å². The second-order valence-electron chi connectivity index (χ2n) is 7.09. The van der Waals surface area contributed by atoms with E-state index in [9.17, 15) is 9.59 Å². The number of para-hydroxylation sites is 2. The third kappa shape index (κ3) is 4.32. The highest BCUT2D eigenvalue weighted by Gasteiger charge is 2.23. The maximum Gasteiger partial charge on any atom is 0.339 e. The summed E-state index contributed by atoms with van der Waals surface area (Å²) in [5, 5.41) is 3.53. The van der Waals surface area contributed by atoms with Gasteiger partial charge in [-0.2, -0.15) is 0 Å². The zero-order valence-corrected chi connectivity index (χ0v) is 17.5. The van der Waals surface area contributed by atoms with Gasteiger partial charge in [-0.25, -0.2) is 4.79 Å². The molecular weight excluding hydrogens is 432 g/mol. The lowest BCUT2D eigenvalue weighted by atomic mass is 9.97. The number of pyridine rings is 1. The largest absolute Gasteiger partial charge is 0.452 e. The van der Waals surface area contributed by atoms with Crippen LogP contribution in [0.1, 0.15) is 40.9 Å². The van der Waals surface area contributed by atoms with Gasteiger partial charge in [-0.05, 0) is 65.4 Å². The number of aryl methyl sites for hydroxylation is 1. The maximum absolute atomic E-state index is 13.0. The first-order valence-corrected chi connectivity index (χ1v) is 10.5. The minimum absolute atomic E-state index is 0.342. The van der Waals surface area contributed by atoms with Crippen LogP contribution < -0.4 is 5.32 Å². The van der Waals surface area contributed by atoms with Gasteiger partial charge in [0.15, 0.2) is 6.61 Å².